The molecule has 0 radical (unpaired) electrons. The highest BCUT2D eigenvalue weighted by Crippen LogP contribution is 2.40. The van der Waals surface area contributed by atoms with Gasteiger partial charge in [-0.25, -0.2) is 9.78 Å². The van der Waals surface area contributed by atoms with Gasteiger partial charge in [-0.05, 0) is 68.2 Å². The number of H-pyrrole nitrogens is 1. The van der Waals surface area contributed by atoms with Crippen molar-refractivity contribution in [3.05, 3.63) is 47.0 Å². The van der Waals surface area contributed by atoms with Crippen LogP contribution in [-0.2, 0) is 4.74 Å². The van der Waals surface area contributed by atoms with Crippen LogP contribution >= 0.6 is 15.9 Å². The summed E-state index contributed by atoms with van der Waals surface area (Å²) in [6.45, 7) is 7.07. The third-order valence-corrected chi connectivity index (χ3v) is 5.85. The molecule has 1 atom stereocenters. The summed E-state index contributed by atoms with van der Waals surface area (Å²) in [5, 5.41) is 6.92. The molecule has 0 aromatic carbocycles. The van der Waals surface area contributed by atoms with Crippen molar-refractivity contribution in [1.82, 2.24) is 20.3 Å². The fourth-order valence-electron chi connectivity index (χ4n) is 3.87. The van der Waals surface area contributed by atoms with Crippen LogP contribution in [0.5, 0.6) is 0 Å². The summed E-state index contributed by atoms with van der Waals surface area (Å²) in [6, 6.07) is 3.27. The molecule has 0 aliphatic carbocycles. The van der Waals surface area contributed by atoms with Crippen LogP contribution in [-0.4, -0.2) is 51.7 Å². The number of fused-ring (bicyclic) bond motifs is 1. The molecule has 0 spiro atoms. The van der Waals surface area contributed by atoms with Crippen LogP contribution in [0.1, 0.15) is 44.0 Å². The van der Waals surface area contributed by atoms with E-state index in [4.69, 9.17) is 4.74 Å². The summed E-state index contributed by atoms with van der Waals surface area (Å²) in [6.07, 6.45) is 7.74. The molecule has 174 valence electrons. The first-order chi connectivity index (χ1) is 15.7. The number of pyridine rings is 2. The van der Waals surface area contributed by atoms with Crippen molar-refractivity contribution in [2.75, 3.05) is 23.3 Å². The van der Waals surface area contributed by atoms with Crippen LogP contribution in [0.25, 0.3) is 11.0 Å². The van der Waals surface area contributed by atoms with E-state index in [9.17, 15) is 9.59 Å². The van der Waals surface area contributed by atoms with Crippen molar-refractivity contribution in [1.29, 1.82) is 0 Å². The number of carbonyl (C=O) groups is 2. The van der Waals surface area contributed by atoms with Crippen LogP contribution in [0.3, 0.4) is 0 Å². The summed E-state index contributed by atoms with van der Waals surface area (Å²) in [7, 11) is 0. The molecule has 0 saturated carbocycles. The van der Waals surface area contributed by atoms with Gasteiger partial charge in [0.05, 0.1) is 32.8 Å². The number of hydrogen-bond donors (Lipinski definition) is 3. The molecular weight excluding hydrogens is 488 g/mol. The Balaban J connectivity index is 1.80. The van der Waals surface area contributed by atoms with E-state index in [0.717, 1.165) is 19.4 Å². The Bertz CT molecular complexity index is 1150. The fourth-order valence-corrected chi connectivity index (χ4v) is 4.36. The van der Waals surface area contributed by atoms with E-state index in [1.165, 1.54) is 6.20 Å². The number of halogens is 1. The van der Waals surface area contributed by atoms with Gasteiger partial charge in [0.1, 0.15) is 11.2 Å². The van der Waals surface area contributed by atoms with E-state index in [2.05, 4.69) is 41.5 Å². The minimum Gasteiger partial charge on any atom is -0.443 e. The Kier molecular flexibility index (Phi) is 6.66. The lowest BCUT2D eigenvalue weighted by Gasteiger charge is -2.36. The number of piperidine rings is 1. The number of ether oxygens (including phenoxy) is 1. The van der Waals surface area contributed by atoms with E-state index in [-0.39, 0.29) is 11.9 Å². The van der Waals surface area contributed by atoms with E-state index in [1.54, 1.807) is 35.6 Å². The maximum Gasteiger partial charge on any atom is 0.415 e. The summed E-state index contributed by atoms with van der Waals surface area (Å²) >= 11 is 3.59. The second kappa shape index (κ2) is 9.48. The highest BCUT2D eigenvalue weighted by molar-refractivity contribution is 9.10. The van der Waals surface area contributed by atoms with Crippen molar-refractivity contribution in [3.63, 3.8) is 0 Å². The maximum absolute atomic E-state index is 13.5. The molecule has 1 saturated heterocycles. The van der Waals surface area contributed by atoms with Crippen molar-refractivity contribution in [2.45, 2.75) is 45.3 Å². The van der Waals surface area contributed by atoms with Gasteiger partial charge in [-0.2, -0.15) is 0 Å². The Hall–Kier alpha value is -2.98. The first-order valence-electron chi connectivity index (χ1n) is 10.8. The zero-order valence-electron chi connectivity index (χ0n) is 18.8. The van der Waals surface area contributed by atoms with E-state index >= 15 is 0 Å². The topological polar surface area (TPSA) is 112 Å². The molecule has 4 rings (SSSR count). The third kappa shape index (κ3) is 5.17. The quantitative estimate of drug-likeness (QED) is 0.473. The summed E-state index contributed by atoms with van der Waals surface area (Å²) in [5.74, 6) is -0.307. The van der Waals surface area contributed by atoms with Gasteiger partial charge in [0.15, 0.2) is 0 Å². The van der Waals surface area contributed by atoms with Gasteiger partial charge in [0.2, 0.25) is 0 Å². The second-order valence-electron chi connectivity index (χ2n) is 8.93. The number of carbonyl (C=O) groups excluding carboxylic acids is 2. The normalized spacial score (nSPS) is 16.4. The summed E-state index contributed by atoms with van der Waals surface area (Å²) < 4.78 is 6.42. The average molecular weight is 515 g/mol. The SMILES string of the molecule is CC(C)(C)OC(=O)N(c1c(Br)cnc2[nH]cc(NC(=O)c3cccnc3)c12)C1CCCNC1. The van der Waals surface area contributed by atoms with Crippen LogP contribution in [0.2, 0.25) is 0 Å². The predicted octanol–water partition coefficient (Wildman–Crippen LogP) is 4.47. The molecule has 9 nitrogen and oxygen atoms in total. The molecule has 33 heavy (non-hydrogen) atoms. The molecule has 4 heterocycles. The molecular formula is C23H27BrN6O3. The summed E-state index contributed by atoms with van der Waals surface area (Å²) in [5.41, 5.74) is 1.43. The fraction of sp³-hybridized carbons (Fsp3) is 0.391. The lowest BCUT2D eigenvalue weighted by molar-refractivity contribution is 0.0560. The standard InChI is InChI=1S/C23H27BrN6O3/c1-23(2,3)33-22(32)30(15-7-5-9-26-11-15)19-16(24)12-27-20-18(19)17(13-28-20)29-21(31)14-6-4-8-25-10-14/h4,6,8,10,12-13,15,26H,5,7,9,11H2,1-3H3,(H,27,28)(H,29,31). The van der Waals surface area contributed by atoms with Crippen LogP contribution in [0.15, 0.2) is 41.4 Å². The minimum absolute atomic E-state index is 0.118. The number of nitrogens with one attached hydrogen (secondary N) is 3. The number of amides is 2. The molecule has 3 aromatic heterocycles. The number of aromatic amines is 1. The third-order valence-electron chi connectivity index (χ3n) is 5.27. The van der Waals surface area contributed by atoms with E-state index in [0.29, 0.717) is 39.0 Å². The maximum atomic E-state index is 13.5. The zero-order valence-corrected chi connectivity index (χ0v) is 20.4. The Morgan fingerprint density at radius 1 is 1.30 bits per heavy atom. The van der Waals surface area contributed by atoms with Gasteiger partial charge < -0.3 is 20.4 Å². The Labute approximate surface area is 200 Å². The van der Waals surface area contributed by atoms with Crippen molar-refractivity contribution in [3.8, 4) is 0 Å². The summed E-state index contributed by atoms with van der Waals surface area (Å²) in [4.78, 5) is 39.5. The van der Waals surface area contributed by atoms with Gasteiger partial charge in [0.25, 0.3) is 5.91 Å². The molecule has 1 aliphatic heterocycles. The lowest BCUT2D eigenvalue weighted by atomic mass is 10.0. The van der Waals surface area contributed by atoms with Gasteiger partial charge in [-0.15, -0.1) is 0 Å². The number of aromatic nitrogens is 3. The van der Waals surface area contributed by atoms with Crippen molar-refractivity contribution < 1.29 is 14.3 Å². The highest BCUT2D eigenvalue weighted by Gasteiger charge is 2.34. The molecule has 1 unspecified atom stereocenters. The molecule has 1 aliphatic rings. The second-order valence-corrected chi connectivity index (χ2v) is 9.78. The molecule has 0 bridgehead atoms. The average Bonchev–Trinajstić information content (AvgIpc) is 3.18. The largest absolute Gasteiger partial charge is 0.443 e. The number of rotatable bonds is 4. The van der Waals surface area contributed by atoms with Gasteiger partial charge >= 0.3 is 6.09 Å². The van der Waals surface area contributed by atoms with Crippen LogP contribution < -0.4 is 15.5 Å². The monoisotopic (exact) mass is 514 g/mol. The van der Waals surface area contributed by atoms with Crippen LogP contribution in [0.4, 0.5) is 16.2 Å². The number of nitrogens with zero attached hydrogens (tertiary/aromatic N) is 3. The lowest BCUT2D eigenvalue weighted by Crippen LogP contribution is -2.50. The van der Waals surface area contributed by atoms with E-state index in [1.807, 2.05) is 20.8 Å². The molecule has 3 aromatic rings. The molecule has 3 N–H and O–H groups in total. The van der Waals surface area contributed by atoms with Gasteiger partial charge in [0, 0.05) is 31.3 Å². The molecule has 10 heteroatoms. The van der Waals surface area contributed by atoms with E-state index < -0.39 is 11.7 Å². The number of hydrogen-bond acceptors (Lipinski definition) is 6. The predicted molar refractivity (Wildman–Crippen MR) is 131 cm³/mol. The Morgan fingerprint density at radius 3 is 2.79 bits per heavy atom. The smallest absolute Gasteiger partial charge is 0.415 e. The number of anilines is 2. The van der Waals surface area contributed by atoms with Crippen molar-refractivity contribution >= 4 is 50.3 Å². The molecule has 2 amide bonds. The first-order valence-corrected chi connectivity index (χ1v) is 11.6. The highest BCUT2D eigenvalue weighted by atomic mass is 79.9. The molecule has 1 fully saturated rings. The Morgan fingerprint density at radius 2 is 2.12 bits per heavy atom. The van der Waals surface area contributed by atoms with Crippen molar-refractivity contribution in [2.24, 2.45) is 0 Å². The van der Waals surface area contributed by atoms with Gasteiger partial charge in [-0.1, -0.05) is 0 Å². The zero-order chi connectivity index (χ0) is 23.6. The van der Waals surface area contributed by atoms with Gasteiger partial charge in [-0.3, -0.25) is 14.7 Å². The van der Waals surface area contributed by atoms with Crippen LogP contribution in [0, 0.1) is 0 Å². The minimum atomic E-state index is -0.661. The first kappa shape index (κ1) is 23.2.